The summed E-state index contributed by atoms with van der Waals surface area (Å²) >= 11 is 0. The number of hydrogen-bond donors (Lipinski definition) is 3. The average molecular weight is 539 g/mol. The fourth-order valence-electron chi connectivity index (χ4n) is 4.75. The lowest BCUT2D eigenvalue weighted by Crippen LogP contribution is -2.44. The minimum atomic E-state index is -4.55. The Morgan fingerprint density at radius 2 is 1.79 bits per heavy atom. The molecule has 39 heavy (non-hydrogen) atoms. The minimum absolute atomic E-state index is 0.0385. The number of hydrogen-bond acceptors (Lipinski definition) is 6. The molecule has 0 unspecified atom stereocenters. The van der Waals surface area contributed by atoms with Gasteiger partial charge in [-0.1, -0.05) is 12.1 Å². The molecule has 4 aromatic rings. The number of rotatable bonds is 5. The minimum Gasteiger partial charge on any atom is -0.383 e. The van der Waals surface area contributed by atoms with E-state index in [0.29, 0.717) is 24.3 Å². The van der Waals surface area contributed by atoms with Crippen molar-refractivity contribution in [1.82, 2.24) is 24.6 Å². The zero-order valence-electron chi connectivity index (χ0n) is 21.6. The van der Waals surface area contributed by atoms with Gasteiger partial charge in [-0.25, -0.2) is 9.78 Å². The summed E-state index contributed by atoms with van der Waals surface area (Å²) in [5.41, 5.74) is 7.80. The van der Waals surface area contributed by atoms with Crippen LogP contribution in [-0.4, -0.2) is 63.8 Å². The molecule has 9 nitrogen and oxygen atoms in total. The zero-order chi connectivity index (χ0) is 27.7. The van der Waals surface area contributed by atoms with Crippen molar-refractivity contribution < 1.29 is 18.0 Å². The number of nitrogens with two attached hydrogens (primary N) is 1. The number of nitrogens with one attached hydrogen (secondary N) is 2. The first kappa shape index (κ1) is 26.4. The Morgan fingerprint density at radius 3 is 2.51 bits per heavy atom. The van der Waals surface area contributed by atoms with Gasteiger partial charge in [0.1, 0.15) is 5.82 Å². The molecule has 1 fully saturated rings. The molecular weight excluding hydrogens is 509 g/mol. The summed E-state index contributed by atoms with van der Waals surface area (Å²) in [5, 5.41) is 10.2. The highest BCUT2D eigenvalue weighted by molar-refractivity contribution is 6.05. The molecule has 4 N–H and O–H groups in total. The van der Waals surface area contributed by atoms with E-state index in [9.17, 15) is 18.0 Å². The number of fused-ring (bicyclic) bond motifs is 1. The summed E-state index contributed by atoms with van der Waals surface area (Å²) in [7, 11) is 3.73. The Bertz CT molecular complexity index is 1510. The maximum Gasteiger partial charge on any atom is 0.416 e. The zero-order valence-corrected chi connectivity index (χ0v) is 21.6. The van der Waals surface area contributed by atoms with Crippen LogP contribution in [0.1, 0.15) is 11.1 Å². The van der Waals surface area contributed by atoms with E-state index >= 15 is 0 Å². The number of likely N-dealkylation sites (N-methyl/N-ethyl adjacent to an activating group) is 1. The maximum atomic E-state index is 13.9. The third kappa shape index (κ3) is 5.81. The Kier molecular flexibility index (Phi) is 7.15. The quantitative estimate of drug-likeness (QED) is 0.342. The predicted octanol–water partition coefficient (Wildman–Crippen LogP) is 4.63. The number of piperazine rings is 1. The van der Waals surface area contributed by atoms with Crippen LogP contribution in [0, 0.1) is 0 Å². The molecule has 0 atom stereocenters. The predicted molar refractivity (Wildman–Crippen MR) is 145 cm³/mol. The average Bonchev–Trinajstić information content (AvgIpc) is 3.20. The molecule has 0 bridgehead atoms. The number of nitrogens with zero attached hydrogens (tertiary/aromatic N) is 5. The molecule has 204 valence electrons. The molecular formula is C27H29F3N8O. The van der Waals surface area contributed by atoms with Crippen molar-refractivity contribution in [3.8, 4) is 11.1 Å². The molecule has 0 saturated carbocycles. The summed E-state index contributed by atoms with van der Waals surface area (Å²) in [6.07, 6.45) is -2.94. The highest BCUT2D eigenvalue weighted by Gasteiger charge is 2.34. The van der Waals surface area contributed by atoms with Crippen LogP contribution < -0.4 is 16.4 Å². The molecule has 12 heteroatoms. The van der Waals surface area contributed by atoms with Crippen molar-refractivity contribution in [3.63, 3.8) is 0 Å². The van der Waals surface area contributed by atoms with Crippen LogP contribution in [0.4, 0.5) is 35.3 Å². The maximum absolute atomic E-state index is 13.9. The highest BCUT2D eigenvalue weighted by atomic mass is 19.4. The lowest BCUT2D eigenvalue weighted by molar-refractivity contribution is -0.138. The van der Waals surface area contributed by atoms with Crippen molar-refractivity contribution in [2.75, 3.05) is 49.6 Å². The molecule has 0 spiro atoms. The van der Waals surface area contributed by atoms with Crippen molar-refractivity contribution in [1.29, 1.82) is 0 Å². The van der Waals surface area contributed by atoms with Crippen LogP contribution in [0.25, 0.3) is 22.0 Å². The number of nitrogen functional groups attached to an aromatic ring is 1. The number of urea groups is 1. The normalized spacial score (nSPS) is 15.0. The number of amides is 2. The van der Waals surface area contributed by atoms with Gasteiger partial charge in [0, 0.05) is 62.6 Å². The van der Waals surface area contributed by atoms with Crippen molar-refractivity contribution in [2.24, 2.45) is 7.05 Å². The lowest BCUT2D eigenvalue weighted by atomic mass is 10.0. The smallest absolute Gasteiger partial charge is 0.383 e. The van der Waals surface area contributed by atoms with Crippen LogP contribution in [0.5, 0.6) is 0 Å². The number of anilines is 3. The number of pyridine rings is 1. The molecule has 2 aromatic heterocycles. The number of carbonyl (C=O) groups excluding carboxylic acids is 1. The second-order valence-electron chi connectivity index (χ2n) is 9.67. The van der Waals surface area contributed by atoms with Crippen LogP contribution in [0.3, 0.4) is 0 Å². The molecule has 0 radical (unpaired) electrons. The lowest BCUT2D eigenvalue weighted by Gasteiger charge is -2.33. The largest absolute Gasteiger partial charge is 0.416 e. The Hall–Kier alpha value is -4.16. The van der Waals surface area contributed by atoms with E-state index in [1.165, 1.54) is 12.1 Å². The second-order valence-corrected chi connectivity index (χ2v) is 9.67. The molecule has 5 rings (SSSR count). The standard InChI is InChI=1S/C27H29F3N8O/c1-36-10-12-38(13-11-36)16-18-5-7-19(15-22(18)27(28,29)30)33-26(39)34-25-21-8-6-17(14-23(21)37(2)35-25)20-4-3-9-32-24(20)31/h3-9,14-15H,10-13,16H2,1-2H3,(H2,31,32)(H2,33,34,35,39). The molecule has 2 aromatic carbocycles. The third-order valence-electron chi connectivity index (χ3n) is 6.90. The topological polar surface area (TPSA) is 104 Å². The van der Waals surface area contributed by atoms with Gasteiger partial charge >= 0.3 is 12.2 Å². The van der Waals surface area contributed by atoms with Crippen LogP contribution >= 0.6 is 0 Å². The molecule has 0 aliphatic carbocycles. The summed E-state index contributed by atoms with van der Waals surface area (Å²) in [6.45, 7) is 3.21. The van der Waals surface area contributed by atoms with E-state index < -0.39 is 17.8 Å². The Labute approximate surface area is 223 Å². The summed E-state index contributed by atoms with van der Waals surface area (Å²) in [6, 6.07) is 12.4. The first-order valence-corrected chi connectivity index (χ1v) is 12.4. The van der Waals surface area contributed by atoms with Crippen LogP contribution in [-0.2, 0) is 19.8 Å². The summed E-state index contributed by atoms with van der Waals surface area (Å²) < 4.78 is 43.3. The van der Waals surface area contributed by atoms with E-state index in [-0.39, 0.29) is 23.6 Å². The fourth-order valence-corrected chi connectivity index (χ4v) is 4.75. The molecule has 1 aliphatic heterocycles. The monoisotopic (exact) mass is 538 g/mol. The third-order valence-corrected chi connectivity index (χ3v) is 6.90. The number of aromatic nitrogens is 3. The van der Waals surface area contributed by atoms with E-state index in [1.54, 1.807) is 30.1 Å². The van der Waals surface area contributed by atoms with E-state index in [2.05, 4.69) is 25.6 Å². The first-order valence-electron chi connectivity index (χ1n) is 12.4. The second kappa shape index (κ2) is 10.5. The van der Waals surface area contributed by atoms with Crippen molar-refractivity contribution in [3.05, 3.63) is 65.9 Å². The van der Waals surface area contributed by atoms with Gasteiger partial charge < -0.3 is 16.0 Å². The van der Waals surface area contributed by atoms with Gasteiger partial charge in [0.25, 0.3) is 0 Å². The van der Waals surface area contributed by atoms with Gasteiger partial charge in [-0.05, 0) is 54.6 Å². The fraction of sp³-hybridized carbons (Fsp3) is 0.296. The van der Waals surface area contributed by atoms with Gasteiger partial charge in [0.15, 0.2) is 5.82 Å². The van der Waals surface area contributed by atoms with Gasteiger partial charge in [0.05, 0.1) is 11.1 Å². The Balaban J connectivity index is 1.33. The van der Waals surface area contributed by atoms with E-state index in [4.69, 9.17) is 5.73 Å². The molecule has 1 aliphatic rings. The van der Waals surface area contributed by atoms with Crippen molar-refractivity contribution in [2.45, 2.75) is 12.7 Å². The number of benzene rings is 2. The van der Waals surface area contributed by atoms with Crippen molar-refractivity contribution >= 4 is 34.3 Å². The summed E-state index contributed by atoms with van der Waals surface area (Å²) in [4.78, 5) is 21.0. The molecule has 1 saturated heterocycles. The number of aryl methyl sites for hydroxylation is 1. The van der Waals surface area contributed by atoms with E-state index in [0.717, 1.165) is 35.8 Å². The summed E-state index contributed by atoms with van der Waals surface area (Å²) in [5.74, 6) is 0.669. The van der Waals surface area contributed by atoms with E-state index in [1.807, 2.05) is 30.1 Å². The molecule has 3 heterocycles. The number of halogens is 3. The van der Waals surface area contributed by atoms with Gasteiger partial charge in [-0.15, -0.1) is 0 Å². The van der Waals surface area contributed by atoms with Gasteiger partial charge in [0.2, 0.25) is 0 Å². The first-order chi connectivity index (χ1) is 18.6. The number of alkyl halides is 3. The van der Waals surface area contributed by atoms with Crippen LogP contribution in [0.2, 0.25) is 0 Å². The SMILES string of the molecule is CN1CCN(Cc2ccc(NC(=O)Nc3nn(C)c4cc(-c5cccnc5N)ccc34)cc2C(F)(F)F)CC1. The van der Waals surface area contributed by atoms with Gasteiger partial charge in [-0.3, -0.25) is 14.9 Å². The molecule has 2 amide bonds. The highest BCUT2D eigenvalue weighted by Crippen LogP contribution is 2.35. The Morgan fingerprint density at radius 1 is 1.03 bits per heavy atom. The number of carbonyl (C=O) groups is 1. The van der Waals surface area contributed by atoms with Gasteiger partial charge in [-0.2, -0.15) is 18.3 Å². The van der Waals surface area contributed by atoms with Crippen LogP contribution in [0.15, 0.2) is 54.7 Å².